The fraction of sp³-hybridized carbons (Fsp3) is 0.154. The molecule has 0 saturated heterocycles. The highest BCUT2D eigenvalue weighted by Crippen LogP contribution is 2.22. The van der Waals surface area contributed by atoms with E-state index in [2.05, 4.69) is 5.92 Å². The van der Waals surface area contributed by atoms with Crippen LogP contribution in [0.1, 0.15) is 12.5 Å². The molecule has 1 heterocycles. The summed E-state index contributed by atoms with van der Waals surface area (Å²) in [6, 6.07) is 7.54. The van der Waals surface area contributed by atoms with E-state index in [1.54, 1.807) is 11.0 Å². The molecule has 1 amide bonds. The number of hydrogen-bond acceptors (Lipinski definition) is 1. The van der Waals surface area contributed by atoms with Crippen molar-refractivity contribution in [3.05, 3.63) is 42.0 Å². The van der Waals surface area contributed by atoms with Crippen molar-refractivity contribution in [2.75, 3.05) is 4.90 Å². The van der Waals surface area contributed by atoms with E-state index in [9.17, 15) is 4.79 Å². The number of anilines is 1. The molecular weight excluding hydrogens is 186 g/mol. The summed E-state index contributed by atoms with van der Waals surface area (Å²) in [6.45, 7) is 1.98. The van der Waals surface area contributed by atoms with Gasteiger partial charge < -0.3 is 4.90 Å². The predicted octanol–water partition coefficient (Wildman–Crippen LogP) is 1.96. The summed E-state index contributed by atoms with van der Waals surface area (Å²) in [5.41, 5.74) is 1.71. The number of carbonyl (C=O) groups is 1. The van der Waals surface area contributed by atoms with Crippen LogP contribution in [-0.4, -0.2) is 11.9 Å². The largest absolute Gasteiger partial charge is 0.302 e. The van der Waals surface area contributed by atoms with E-state index in [1.807, 2.05) is 37.3 Å². The number of carbonyl (C=O) groups excluding carboxylic acids is 1. The number of hydrogen-bond donors (Lipinski definition) is 0. The third kappa shape index (κ3) is 1.64. The van der Waals surface area contributed by atoms with Crippen LogP contribution in [-0.2, 0) is 4.79 Å². The van der Waals surface area contributed by atoms with E-state index in [1.165, 1.54) is 0 Å². The molecule has 2 nitrogen and oxygen atoms in total. The van der Waals surface area contributed by atoms with Crippen LogP contribution < -0.4 is 4.90 Å². The minimum Gasteiger partial charge on any atom is -0.302 e. The fourth-order valence-electron chi connectivity index (χ4n) is 1.67. The van der Waals surface area contributed by atoms with Crippen molar-refractivity contribution < 1.29 is 4.79 Å². The van der Waals surface area contributed by atoms with Crippen LogP contribution in [0.5, 0.6) is 0 Å². The molecule has 2 heteroatoms. The zero-order valence-electron chi connectivity index (χ0n) is 8.47. The summed E-state index contributed by atoms with van der Waals surface area (Å²) in [6.07, 6.45) is 8.75. The monoisotopic (exact) mass is 197 g/mol. The van der Waals surface area contributed by atoms with E-state index in [0.717, 1.165) is 11.3 Å². The molecule has 1 aliphatic rings. The lowest BCUT2D eigenvalue weighted by Crippen LogP contribution is -2.31. The van der Waals surface area contributed by atoms with Crippen molar-refractivity contribution in [2.24, 2.45) is 0 Å². The molecule has 1 atom stereocenters. The summed E-state index contributed by atoms with van der Waals surface area (Å²) in [5.74, 6) is 2.57. The maximum absolute atomic E-state index is 11.5. The first kappa shape index (κ1) is 9.54. The number of nitrogens with zero attached hydrogens (tertiary/aromatic N) is 1. The summed E-state index contributed by atoms with van der Waals surface area (Å²) in [7, 11) is 0. The number of terminal acetylenes is 1. The first-order chi connectivity index (χ1) is 7.22. The van der Waals surface area contributed by atoms with Gasteiger partial charge in [0.2, 0.25) is 0 Å². The highest BCUT2D eigenvalue weighted by atomic mass is 16.2. The summed E-state index contributed by atoms with van der Waals surface area (Å²) in [4.78, 5) is 13.3. The van der Waals surface area contributed by atoms with Gasteiger partial charge in [0.1, 0.15) is 0 Å². The SMILES string of the molecule is C#Cc1ccc(N2C(=O)C=CC2C)cc1. The molecule has 0 saturated carbocycles. The Balaban J connectivity index is 2.31. The number of rotatable bonds is 1. The van der Waals surface area contributed by atoms with Gasteiger partial charge in [-0.15, -0.1) is 6.42 Å². The lowest BCUT2D eigenvalue weighted by Gasteiger charge is -2.21. The standard InChI is InChI=1S/C13H11NO/c1-3-11-5-7-12(8-6-11)14-10(2)4-9-13(14)15/h1,4-10H,2H3. The van der Waals surface area contributed by atoms with Gasteiger partial charge in [-0.1, -0.05) is 12.0 Å². The summed E-state index contributed by atoms with van der Waals surface area (Å²) < 4.78 is 0. The van der Waals surface area contributed by atoms with Gasteiger partial charge in [-0.25, -0.2) is 0 Å². The molecule has 1 aromatic rings. The average molecular weight is 197 g/mol. The molecular formula is C13H11NO. The minimum atomic E-state index is 0.0240. The molecule has 1 unspecified atom stereocenters. The Labute approximate surface area is 89.2 Å². The second-order valence-electron chi connectivity index (χ2n) is 3.50. The molecule has 0 fully saturated rings. The van der Waals surface area contributed by atoms with Crippen LogP contribution in [0, 0.1) is 12.3 Å². The second kappa shape index (κ2) is 3.62. The second-order valence-corrected chi connectivity index (χ2v) is 3.50. The quantitative estimate of drug-likeness (QED) is 0.630. The average Bonchev–Trinajstić information content (AvgIpc) is 2.59. The van der Waals surface area contributed by atoms with E-state index in [0.29, 0.717) is 0 Å². The van der Waals surface area contributed by atoms with Crippen molar-refractivity contribution in [2.45, 2.75) is 13.0 Å². The van der Waals surface area contributed by atoms with Gasteiger partial charge in [0, 0.05) is 17.3 Å². The van der Waals surface area contributed by atoms with Gasteiger partial charge >= 0.3 is 0 Å². The van der Waals surface area contributed by atoms with Crippen molar-refractivity contribution >= 4 is 11.6 Å². The van der Waals surface area contributed by atoms with E-state index in [4.69, 9.17) is 6.42 Å². The Morgan fingerprint density at radius 2 is 2.00 bits per heavy atom. The Hall–Kier alpha value is -2.01. The van der Waals surface area contributed by atoms with E-state index < -0.39 is 0 Å². The number of amides is 1. The third-order valence-corrected chi connectivity index (χ3v) is 2.47. The fourth-order valence-corrected chi connectivity index (χ4v) is 1.67. The Morgan fingerprint density at radius 1 is 1.33 bits per heavy atom. The summed E-state index contributed by atoms with van der Waals surface area (Å²) >= 11 is 0. The van der Waals surface area contributed by atoms with Crippen molar-refractivity contribution in [1.29, 1.82) is 0 Å². The minimum absolute atomic E-state index is 0.0240. The Morgan fingerprint density at radius 3 is 2.47 bits per heavy atom. The van der Waals surface area contributed by atoms with Gasteiger partial charge in [0.05, 0.1) is 6.04 Å². The van der Waals surface area contributed by atoms with Crippen LogP contribution in [0.15, 0.2) is 36.4 Å². The topological polar surface area (TPSA) is 20.3 Å². The van der Waals surface area contributed by atoms with Gasteiger partial charge in [-0.05, 0) is 31.2 Å². The van der Waals surface area contributed by atoms with Gasteiger partial charge in [-0.2, -0.15) is 0 Å². The van der Waals surface area contributed by atoms with Crippen LogP contribution in [0.3, 0.4) is 0 Å². The molecule has 1 aliphatic heterocycles. The molecule has 0 bridgehead atoms. The third-order valence-electron chi connectivity index (χ3n) is 2.47. The zero-order chi connectivity index (χ0) is 10.8. The lowest BCUT2D eigenvalue weighted by molar-refractivity contribution is -0.113. The molecule has 74 valence electrons. The van der Waals surface area contributed by atoms with Gasteiger partial charge in [-0.3, -0.25) is 4.79 Å². The van der Waals surface area contributed by atoms with Crippen LogP contribution in [0.4, 0.5) is 5.69 Å². The molecule has 0 radical (unpaired) electrons. The van der Waals surface area contributed by atoms with Crippen molar-refractivity contribution in [1.82, 2.24) is 0 Å². The molecule has 0 spiro atoms. The molecule has 15 heavy (non-hydrogen) atoms. The molecule has 0 aliphatic carbocycles. The first-order valence-corrected chi connectivity index (χ1v) is 4.80. The predicted molar refractivity (Wildman–Crippen MR) is 60.5 cm³/mol. The number of benzene rings is 1. The van der Waals surface area contributed by atoms with Crippen LogP contribution >= 0.6 is 0 Å². The molecule has 0 aromatic heterocycles. The smallest absolute Gasteiger partial charge is 0.251 e. The van der Waals surface area contributed by atoms with E-state index >= 15 is 0 Å². The molecule has 2 rings (SSSR count). The van der Waals surface area contributed by atoms with Gasteiger partial charge in [0.15, 0.2) is 0 Å². The zero-order valence-corrected chi connectivity index (χ0v) is 8.47. The van der Waals surface area contributed by atoms with E-state index in [-0.39, 0.29) is 11.9 Å². The molecule has 1 aromatic carbocycles. The maximum atomic E-state index is 11.5. The van der Waals surface area contributed by atoms with Crippen LogP contribution in [0.2, 0.25) is 0 Å². The van der Waals surface area contributed by atoms with Gasteiger partial charge in [0.25, 0.3) is 5.91 Å². The highest BCUT2D eigenvalue weighted by molar-refractivity contribution is 6.04. The normalized spacial score (nSPS) is 19.3. The first-order valence-electron chi connectivity index (χ1n) is 4.80. The van der Waals surface area contributed by atoms with Crippen molar-refractivity contribution in [3.63, 3.8) is 0 Å². The molecule has 0 N–H and O–H groups in total. The Kier molecular flexibility index (Phi) is 2.31. The Bertz CT molecular complexity index is 450. The maximum Gasteiger partial charge on any atom is 0.251 e. The summed E-state index contributed by atoms with van der Waals surface area (Å²) in [5, 5.41) is 0. The lowest BCUT2D eigenvalue weighted by atomic mass is 10.2. The highest BCUT2D eigenvalue weighted by Gasteiger charge is 2.23. The van der Waals surface area contributed by atoms with Crippen molar-refractivity contribution in [3.8, 4) is 12.3 Å². The van der Waals surface area contributed by atoms with Crippen LogP contribution in [0.25, 0.3) is 0 Å².